The molecular weight excluding hydrogens is 279 g/mol. The second-order valence-corrected chi connectivity index (χ2v) is 4.94. The highest BCUT2D eigenvalue weighted by Gasteiger charge is 2.06. The van der Waals surface area contributed by atoms with Crippen LogP contribution in [0.2, 0.25) is 5.02 Å². The standard InChI is InChI=1S/C15H18ClFN2O/c1-20-8-6-18-10-14-3-2-7-19(14)11-12-9-13(17)4-5-15(12)16/h2-5,7,9,18H,6,8,10-11H2,1H3. The van der Waals surface area contributed by atoms with E-state index in [0.29, 0.717) is 18.2 Å². The van der Waals surface area contributed by atoms with Crippen LogP contribution in [-0.2, 0) is 17.8 Å². The van der Waals surface area contributed by atoms with E-state index < -0.39 is 0 Å². The monoisotopic (exact) mass is 296 g/mol. The van der Waals surface area contributed by atoms with Crippen molar-refractivity contribution in [1.29, 1.82) is 0 Å². The predicted octanol–water partition coefficient (Wildman–Crippen LogP) is 3.06. The van der Waals surface area contributed by atoms with Gasteiger partial charge in [-0.2, -0.15) is 0 Å². The number of nitrogens with zero attached hydrogens (tertiary/aromatic N) is 1. The Morgan fingerprint density at radius 2 is 2.20 bits per heavy atom. The molecule has 0 saturated heterocycles. The molecule has 0 unspecified atom stereocenters. The fourth-order valence-corrected chi connectivity index (χ4v) is 2.18. The Morgan fingerprint density at radius 1 is 1.35 bits per heavy atom. The molecule has 0 atom stereocenters. The van der Waals surface area contributed by atoms with E-state index in [-0.39, 0.29) is 5.82 Å². The number of benzene rings is 1. The van der Waals surface area contributed by atoms with Gasteiger partial charge in [0.05, 0.1) is 6.61 Å². The highest BCUT2D eigenvalue weighted by molar-refractivity contribution is 6.31. The topological polar surface area (TPSA) is 26.2 Å². The van der Waals surface area contributed by atoms with Crippen LogP contribution in [0.3, 0.4) is 0 Å². The predicted molar refractivity (Wildman–Crippen MR) is 78.5 cm³/mol. The number of hydrogen-bond acceptors (Lipinski definition) is 2. The first-order chi connectivity index (χ1) is 9.70. The number of methoxy groups -OCH3 is 1. The molecule has 0 spiro atoms. The van der Waals surface area contributed by atoms with Crippen molar-refractivity contribution in [2.24, 2.45) is 0 Å². The molecule has 1 aromatic heterocycles. The van der Waals surface area contributed by atoms with Crippen molar-refractivity contribution < 1.29 is 9.13 Å². The van der Waals surface area contributed by atoms with Crippen LogP contribution in [0, 0.1) is 5.82 Å². The van der Waals surface area contributed by atoms with E-state index in [4.69, 9.17) is 16.3 Å². The molecule has 5 heteroatoms. The summed E-state index contributed by atoms with van der Waals surface area (Å²) in [6.07, 6.45) is 1.97. The third kappa shape index (κ3) is 4.07. The van der Waals surface area contributed by atoms with Gasteiger partial charge in [0, 0.05) is 43.7 Å². The van der Waals surface area contributed by atoms with Crippen LogP contribution in [-0.4, -0.2) is 24.8 Å². The molecule has 2 rings (SSSR count). The molecule has 3 nitrogen and oxygen atoms in total. The average Bonchev–Trinajstić information content (AvgIpc) is 2.86. The lowest BCUT2D eigenvalue weighted by molar-refractivity contribution is 0.199. The summed E-state index contributed by atoms with van der Waals surface area (Å²) in [4.78, 5) is 0. The van der Waals surface area contributed by atoms with Crippen molar-refractivity contribution in [1.82, 2.24) is 9.88 Å². The Labute approximate surface area is 123 Å². The molecule has 108 valence electrons. The van der Waals surface area contributed by atoms with Gasteiger partial charge in [-0.25, -0.2) is 4.39 Å². The second kappa shape index (κ2) is 7.43. The summed E-state index contributed by atoms with van der Waals surface area (Å²) in [7, 11) is 1.68. The van der Waals surface area contributed by atoms with Crippen molar-refractivity contribution in [3.63, 3.8) is 0 Å². The van der Waals surface area contributed by atoms with E-state index in [0.717, 1.165) is 24.3 Å². The maximum absolute atomic E-state index is 13.3. The van der Waals surface area contributed by atoms with E-state index in [1.54, 1.807) is 13.2 Å². The SMILES string of the molecule is COCCNCc1cccn1Cc1cc(F)ccc1Cl. The number of rotatable bonds is 7. The molecule has 0 bridgehead atoms. The molecule has 0 amide bonds. The van der Waals surface area contributed by atoms with Crippen LogP contribution in [0.25, 0.3) is 0 Å². The lowest BCUT2D eigenvalue weighted by atomic mass is 10.2. The summed E-state index contributed by atoms with van der Waals surface area (Å²) in [5.74, 6) is -0.267. The Bertz CT molecular complexity index is 557. The summed E-state index contributed by atoms with van der Waals surface area (Å²) in [5, 5.41) is 3.87. The fraction of sp³-hybridized carbons (Fsp3) is 0.333. The Balaban J connectivity index is 2.02. The van der Waals surface area contributed by atoms with Gasteiger partial charge in [-0.05, 0) is 35.9 Å². The minimum absolute atomic E-state index is 0.267. The average molecular weight is 297 g/mol. The highest BCUT2D eigenvalue weighted by atomic mass is 35.5. The molecule has 1 N–H and O–H groups in total. The van der Waals surface area contributed by atoms with Crippen molar-refractivity contribution in [2.75, 3.05) is 20.3 Å². The number of aromatic nitrogens is 1. The fourth-order valence-electron chi connectivity index (χ4n) is 2.00. The summed E-state index contributed by atoms with van der Waals surface area (Å²) >= 11 is 6.10. The quantitative estimate of drug-likeness (QED) is 0.795. The van der Waals surface area contributed by atoms with Crippen LogP contribution in [0.1, 0.15) is 11.3 Å². The van der Waals surface area contributed by atoms with Crippen molar-refractivity contribution in [2.45, 2.75) is 13.1 Å². The van der Waals surface area contributed by atoms with Gasteiger partial charge in [0.25, 0.3) is 0 Å². The zero-order valence-electron chi connectivity index (χ0n) is 11.4. The van der Waals surface area contributed by atoms with Gasteiger partial charge in [-0.15, -0.1) is 0 Å². The molecule has 0 aliphatic heterocycles. The van der Waals surface area contributed by atoms with Gasteiger partial charge >= 0.3 is 0 Å². The molecule has 1 heterocycles. The van der Waals surface area contributed by atoms with Gasteiger partial charge in [0.15, 0.2) is 0 Å². The minimum atomic E-state index is -0.267. The number of nitrogens with one attached hydrogen (secondary N) is 1. The van der Waals surface area contributed by atoms with Crippen molar-refractivity contribution >= 4 is 11.6 Å². The molecule has 2 aromatic rings. The zero-order chi connectivity index (χ0) is 14.4. The van der Waals surface area contributed by atoms with E-state index >= 15 is 0 Å². The normalized spacial score (nSPS) is 10.9. The van der Waals surface area contributed by atoms with Crippen LogP contribution in [0.5, 0.6) is 0 Å². The number of halogens is 2. The molecular formula is C15H18ClFN2O. The third-order valence-corrected chi connectivity index (χ3v) is 3.43. The Kier molecular flexibility index (Phi) is 5.59. The number of ether oxygens (including phenoxy) is 1. The first-order valence-corrected chi connectivity index (χ1v) is 6.86. The third-order valence-electron chi connectivity index (χ3n) is 3.06. The molecule has 0 fully saturated rings. The molecule has 0 aliphatic rings. The van der Waals surface area contributed by atoms with Crippen molar-refractivity contribution in [3.8, 4) is 0 Å². The van der Waals surface area contributed by atoms with Crippen LogP contribution in [0.4, 0.5) is 4.39 Å². The van der Waals surface area contributed by atoms with Gasteiger partial charge < -0.3 is 14.6 Å². The number of hydrogen-bond donors (Lipinski definition) is 1. The highest BCUT2D eigenvalue weighted by Crippen LogP contribution is 2.19. The van der Waals surface area contributed by atoms with Crippen LogP contribution < -0.4 is 5.32 Å². The second-order valence-electron chi connectivity index (χ2n) is 4.53. The summed E-state index contributed by atoms with van der Waals surface area (Å²) in [6, 6.07) is 8.44. The van der Waals surface area contributed by atoms with Crippen molar-refractivity contribution in [3.05, 3.63) is 58.6 Å². The van der Waals surface area contributed by atoms with E-state index in [1.807, 2.05) is 18.3 Å². The molecule has 0 aliphatic carbocycles. The maximum atomic E-state index is 13.3. The van der Waals surface area contributed by atoms with Gasteiger partial charge in [0.1, 0.15) is 5.82 Å². The summed E-state index contributed by atoms with van der Waals surface area (Å²) in [6.45, 7) is 2.77. The Hall–Kier alpha value is -1.36. The summed E-state index contributed by atoms with van der Waals surface area (Å²) < 4.78 is 20.3. The van der Waals surface area contributed by atoms with Gasteiger partial charge in [-0.3, -0.25) is 0 Å². The lowest BCUT2D eigenvalue weighted by Crippen LogP contribution is -2.20. The first-order valence-electron chi connectivity index (χ1n) is 6.48. The smallest absolute Gasteiger partial charge is 0.123 e. The lowest BCUT2D eigenvalue weighted by Gasteiger charge is -2.11. The minimum Gasteiger partial charge on any atom is -0.383 e. The van der Waals surface area contributed by atoms with Gasteiger partial charge in [0.2, 0.25) is 0 Å². The molecule has 0 saturated carbocycles. The van der Waals surface area contributed by atoms with E-state index in [1.165, 1.54) is 12.1 Å². The zero-order valence-corrected chi connectivity index (χ0v) is 12.2. The Morgan fingerprint density at radius 3 is 3.00 bits per heavy atom. The molecule has 1 aromatic carbocycles. The molecule has 20 heavy (non-hydrogen) atoms. The first kappa shape index (κ1) is 15.0. The summed E-state index contributed by atoms with van der Waals surface area (Å²) in [5.41, 5.74) is 1.91. The van der Waals surface area contributed by atoms with E-state index in [9.17, 15) is 4.39 Å². The van der Waals surface area contributed by atoms with E-state index in [2.05, 4.69) is 9.88 Å². The largest absolute Gasteiger partial charge is 0.383 e. The molecule has 0 radical (unpaired) electrons. The van der Waals surface area contributed by atoms with Crippen LogP contribution >= 0.6 is 11.6 Å². The van der Waals surface area contributed by atoms with Gasteiger partial charge in [-0.1, -0.05) is 11.6 Å². The maximum Gasteiger partial charge on any atom is 0.123 e. The van der Waals surface area contributed by atoms with Crippen LogP contribution in [0.15, 0.2) is 36.5 Å².